The van der Waals surface area contributed by atoms with Gasteiger partial charge in [0.05, 0.1) is 0 Å². The highest BCUT2D eigenvalue weighted by Crippen LogP contribution is 2.58. The molecule has 0 aliphatic heterocycles. The molecule has 2 N–H and O–H groups in total. The molecule has 2 aliphatic rings. The van der Waals surface area contributed by atoms with Gasteiger partial charge in [0.1, 0.15) is 50.1 Å². The van der Waals surface area contributed by atoms with Crippen LogP contribution in [0.2, 0.25) is 0 Å². The van der Waals surface area contributed by atoms with Gasteiger partial charge in [-0.2, -0.15) is 0 Å². The molecule has 1 saturated carbocycles. The van der Waals surface area contributed by atoms with E-state index in [0.717, 1.165) is 24.1 Å². The summed E-state index contributed by atoms with van der Waals surface area (Å²) in [7, 11) is 0. The molecule has 8 nitrogen and oxygen atoms in total. The fourth-order valence-corrected chi connectivity index (χ4v) is 3.53. The van der Waals surface area contributed by atoms with E-state index in [0.29, 0.717) is 17.4 Å². The van der Waals surface area contributed by atoms with Crippen LogP contribution in [0.25, 0.3) is 0 Å². The largest absolute Gasteiger partial charge is 0.491 e. The van der Waals surface area contributed by atoms with Crippen molar-refractivity contribution < 1.29 is 38.7 Å². The molecule has 0 radical (unpaired) electrons. The predicted molar refractivity (Wildman–Crippen MR) is 119 cm³/mol. The molecular weight excluding hydrogens is 428 g/mol. The van der Waals surface area contributed by atoms with Gasteiger partial charge in [0.15, 0.2) is 0 Å². The highest BCUT2D eigenvalue weighted by molar-refractivity contribution is 5.81. The van der Waals surface area contributed by atoms with E-state index in [1.807, 2.05) is 36.4 Å². The van der Waals surface area contributed by atoms with Crippen LogP contribution in [0.4, 0.5) is 0 Å². The fraction of sp³-hybridized carbons (Fsp3) is 0.360. The molecule has 0 heterocycles. The van der Waals surface area contributed by atoms with Crippen LogP contribution in [-0.2, 0) is 29.2 Å². The second-order valence-corrected chi connectivity index (χ2v) is 7.88. The summed E-state index contributed by atoms with van der Waals surface area (Å²) in [5.74, 6) is 0.391. The number of rotatable bonds is 13. The number of hydrogen-bond acceptors (Lipinski definition) is 8. The van der Waals surface area contributed by atoms with Crippen LogP contribution >= 0.6 is 0 Å². The van der Waals surface area contributed by atoms with E-state index in [1.165, 1.54) is 0 Å². The maximum atomic E-state index is 11.0. The van der Waals surface area contributed by atoms with Gasteiger partial charge in [0.25, 0.3) is 0 Å². The van der Waals surface area contributed by atoms with E-state index in [2.05, 4.69) is 19.2 Å². The normalized spacial score (nSPS) is 22.1. The van der Waals surface area contributed by atoms with Crippen molar-refractivity contribution in [3.8, 4) is 5.75 Å². The van der Waals surface area contributed by atoms with Gasteiger partial charge in [0.2, 0.25) is 0 Å². The molecule has 0 bridgehead atoms. The van der Waals surface area contributed by atoms with Crippen molar-refractivity contribution in [2.24, 2.45) is 5.92 Å². The number of esters is 2. The first kappa shape index (κ1) is 24.3. The van der Waals surface area contributed by atoms with Crippen LogP contribution in [0.15, 0.2) is 73.6 Å². The minimum Gasteiger partial charge on any atom is -0.491 e. The SMILES string of the molecule is C=CC(=O)OCC(O)COC1=CC2CC2(c2ccc(OCC(O)COC(=O)C=C)cc2)C=C1. The summed E-state index contributed by atoms with van der Waals surface area (Å²) in [5, 5.41) is 19.7. The number of allylic oxidation sites excluding steroid dienone is 3. The first-order valence-electron chi connectivity index (χ1n) is 10.6. The summed E-state index contributed by atoms with van der Waals surface area (Å²) in [6.07, 6.45) is 7.19. The predicted octanol–water partition coefficient (Wildman–Crippen LogP) is 1.97. The average molecular weight is 456 g/mol. The third-order valence-corrected chi connectivity index (χ3v) is 5.42. The lowest BCUT2D eigenvalue weighted by atomic mass is 9.90. The molecule has 4 unspecified atom stereocenters. The lowest BCUT2D eigenvalue weighted by Crippen LogP contribution is -2.24. The van der Waals surface area contributed by atoms with E-state index in [-0.39, 0.29) is 31.8 Å². The summed E-state index contributed by atoms with van der Waals surface area (Å²) < 4.78 is 20.8. The third-order valence-electron chi connectivity index (χ3n) is 5.42. The molecule has 0 aromatic heterocycles. The molecule has 1 aromatic rings. The second-order valence-electron chi connectivity index (χ2n) is 7.88. The summed E-state index contributed by atoms with van der Waals surface area (Å²) in [6.45, 7) is 6.30. The Labute approximate surface area is 192 Å². The molecular formula is C25H28O8. The Balaban J connectivity index is 1.44. The Morgan fingerprint density at radius 1 is 0.970 bits per heavy atom. The van der Waals surface area contributed by atoms with Crippen molar-refractivity contribution >= 4 is 11.9 Å². The van der Waals surface area contributed by atoms with E-state index in [1.54, 1.807) is 0 Å². The zero-order valence-corrected chi connectivity index (χ0v) is 18.2. The smallest absolute Gasteiger partial charge is 0.330 e. The molecule has 176 valence electrons. The Morgan fingerprint density at radius 2 is 1.55 bits per heavy atom. The maximum Gasteiger partial charge on any atom is 0.330 e. The highest BCUT2D eigenvalue weighted by atomic mass is 16.6. The van der Waals surface area contributed by atoms with Crippen LogP contribution in [0.5, 0.6) is 5.75 Å². The summed E-state index contributed by atoms with van der Waals surface area (Å²) in [4.78, 5) is 22.1. The van der Waals surface area contributed by atoms with Crippen molar-refractivity contribution in [3.05, 3.63) is 79.1 Å². The minimum absolute atomic E-state index is 0.000478. The molecule has 0 amide bonds. The van der Waals surface area contributed by atoms with Gasteiger partial charge in [-0.3, -0.25) is 0 Å². The molecule has 0 spiro atoms. The van der Waals surface area contributed by atoms with E-state index >= 15 is 0 Å². The van der Waals surface area contributed by atoms with E-state index in [4.69, 9.17) is 18.9 Å². The maximum absolute atomic E-state index is 11.0. The van der Waals surface area contributed by atoms with Crippen molar-refractivity contribution in [2.45, 2.75) is 24.0 Å². The number of carbonyl (C=O) groups excluding carboxylic acids is 2. The second kappa shape index (κ2) is 11.0. The van der Waals surface area contributed by atoms with Gasteiger partial charge < -0.3 is 29.2 Å². The zero-order valence-electron chi connectivity index (χ0n) is 18.2. The highest BCUT2D eigenvalue weighted by Gasteiger charge is 2.53. The summed E-state index contributed by atoms with van der Waals surface area (Å²) >= 11 is 0. The quantitative estimate of drug-likeness (QED) is 0.342. The molecule has 2 aliphatic carbocycles. The first-order valence-corrected chi connectivity index (χ1v) is 10.6. The molecule has 0 saturated heterocycles. The summed E-state index contributed by atoms with van der Waals surface area (Å²) in [5.41, 5.74) is 1.06. The Kier molecular flexibility index (Phi) is 8.08. The van der Waals surface area contributed by atoms with Crippen molar-refractivity contribution in [1.29, 1.82) is 0 Å². The number of ether oxygens (including phenoxy) is 4. The number of carbonyl (C=O) groups is 2. The average Bonchev–Trinajstić information content (AvgIpc) is 3.58. The number of aliphatic hydroxyl groups is 2. The first-order chi connectivity index (χ1) is 15.9. The molecule has 33 heavy (non-hydrogen) atoms. The van der Waals surface area contributed by atoms with Gasteiger partial charge >= 0.3 is 11.9 Å². The molecule has 4 atom stereocenters. The van der Waals surface area contributed by atoms with Crippen LogP contribution in [0.1, 0.15) is 12.0 Å². The van der Waals surface area contributed by atoms with Gasteiger partial charge in [-0.1, -0.05) is 31.4 Å². The van der Waals surface area contributed by atoms with Crippen LogP contribution < -0.4 is 4.74 Å². The summed E-state index contributed by atoms with van der Waals surface area (Å²) in [6, 6.07) is 7.65. The van der Waals surface area contributed by atoms with E-state index < -0.39 is 24.1 Å². The van der Waals surface area contributed by atoms with Crippen molar-refractivity contribution in [2.75, 3.05) is 26.4 Å². The van der Waals surface area contributed by atoms with Crippen molar-refractivity contribution in [3.63, 3.8) is 0 Å². The molecule has 1 fully saturated rings. The molecule has 8 heteroatoms. The van der Waals surface area contributed by atoms with Crippen LogP contribution in [0, 0.1) is 5.92 Å². The van der Waals surface area contributed by atoms with Crippen LogP contribution in [0.3, 0.4) is 0 Å². The zero-order chi connectivity index (χ0) is 23.8. The number of hydrogen-bond donors (Lipinski definition) is 2. The lowest BCUT2D eigenvalue weighted by Gasteiger charge is -2.19. The third kappa shape index (κ3) is 6.57. The van der Waals surface area contributed by atoms with Crippen molar-refractivity contribution in [1.82, 2.24) is 0 Å². The Morgan fingerprint density at radius 3 is 2.09 bits per heavy atom. The van der Waals surface area contributed by atoms with E-state index in [9.17, 15) is 19.8 Å². The molecule has 1 aromatic carbocycles. The van der Waals surface area contributed by atoms with Gasteiger partial charge in [-0.05, 0) is 42.2 Å². The fourth-order valence-electron chi connectivity index (χ4n) is 3.53. The monoisotopic (exact) mass is 456 g/mol. The number of benzene rings is 1. The van der Waals surface area contributed by atoms with Gasteiger partial charge in [-0.15, -0.1) is 0 Å². The Bertz CT molecular complexity index is 932. The minimum atomic E-state index is -0.933. The van der Waals surface area contributed by atoms with Gasteiger partial charge in [0, 0.05) is 17.6 Å². The topological polar surface area (TPSA) is 112 Å². The Hall–Kier alpha value is -3.36. The number of fused-ring (bicyclic) bond motifs is 1. The van der Waals surface area contributed by atoms with Crippen LogP contribution in [-0.4, -0.2) is 60.8 Å². The van der Waals surface area contributed by atoms with Gasteiger partial charge in [-0.25, -0.2) is 9.59 Å². The standard InChI is InChI=1S/C25H28O8/c1-3-23(28)32-15-19(26)13-30-21-7-5-17(6-8-21)25-10-9-22(11-18(25)12-25)31-14-20(27)16-33-24(29)4-2/h3-11,18-20,26-27H,1-2,12-16H2. The number of aliphatic hydroxyl groups excluding tert-OH is 2. The lowest BCUT2D eigenvalue weighted by molar-refractivity contribution is -0.142. The molecule has 3 rings (SSSR count).